The molecule has 1 amide bonds. The Balaban J connectivity index is 1.89. The fraction of sp³-hybridized carbons (Fsp3) is 0.308. The van der Waals surface area contributed by atoms with Crippen LogP contribution in [-0.4, -0.2) is 17.2 Å². The van der Waals surface area contributed by atoms with Crippen molar-refractivity contribution in [2.75, 3.05) is 0 Å². The molecule has 1 heterocycles. The van der Waals surface area contributed by atoms with Gasteiger partial charge in [0.25, 0.3) is 0 Å². The molecule has 0 spiro atoms. The lowest BCUT2D eigenvalue weighted by molar-refractivity contribution is -0.137. The Morgan fingerprint density at radius 3 is 2.34 bits per heavy atom. The smallest absolute Gasteiger partial charge is 0.416 e. The molecule has 4 nitrogen and oxygen atoms in total. The van der Waals surface area contributed by atoms with E-state index in [4.69, 9.17) is 16.3 Å². The number of benzene rings is 2. The fourth-order valence-electron chi connectivity index (χ4n) is 4.41. The Labute approximate surface area is 205 Å². The van der Waals surface area contributed by atoms with E-state index in [1.807, 2.05) is 0 Å². The van der Waals surface area contributed by atoms with Crippen LogP contribution in [0.15, 0.2) is 66.9 Å². The first-order chi connectivity index (χ1) is 16.7. The lowest BCUT2D eigenvalue weighted by atomic mass is 9.80. The maximum atomic E-state index is 14.6. The van der Waals surface area contributed by atoms with Crippen LogP contribution in [0, 0.1) is 5.82 Å². The van der Waals surface area contributed by atoms with Crippen molar-refractivity contribution in [2.24, 2.45) is 0 Å². The van der Waals surface area contributed by atoms with Gasteiger partial charge in [0.05, 0.1) is 16.3 Å². The van der Waals surface area contributed by atoms with Crippen LogP contribution < -0.4 is 5.32 Å². The molecular formula is C26H23ClF4N2O2. The number of alkyl carbamates (subject to hydrolysis) is 1. The van der Waals surface area contributed by atoms with E-state index in [0.717, 1.165) is 25.0 Å². The molecule has 0 aliphatic heterocycles. The van der Waals surface area contributed by atoms with Crippen molar-refractivity contribution in [3.05, 3.63) is 100 Å². The zero-order valence-electron chi connectivity index (χ0n) is 18.6. The fourth-order valence-corrected chi connectivity index (χ4v) is 4.52. The van der Waals surface area contributed by atoms with Crippen LogP contribution in [-0.2, 0) is 22.9 Å². The highest BCUT2D eigenvalue weighted by atomic mass is 35.5. The second-order valence-corrected chi connectivity index (χ2v) is 9.03. The highest BCUT2D eigenvalue weighted by Crippen LogP contribution is 2.38. The zero-order chi connectivity index (χ0) is 25.1. The number of pyridine rings is 1. The minimum atomic E-state index is -4.80. The molecule has 1 saturated carbocycles. The SMILES string of the molecule is O=C(NC(Cc1ccccc1)(c1cc(F)cc(C(F)(F)F)c1)c1ccc(Cl)cn1)OC1CCCC1. The van der Waals surface area contributed by atoms with E-state index in [-0.39, 0.29) is 23.8 Å². The van der Waals surface area contributed by atoms with Crippen molar-refractivity contribution in [3.8, 4) is 0 Å². The average molecular weight is 507 g/mol. The lowest BCUT2D eigenvalue weighted by Gasteiger charge is -2.35. The first-order valence-corrected chi connectivity index (χ1v) is 11.6. The summed E-state index contributed by atoms with van der Waals surface area (Å²) in [6.45, 7) is 0. The summed E-state index contributed by atoms with van der Waals surface area (Å²) in [5.41, 5.74) is -2.10. The van der Waals surface area contributed by atoms with Gasteiger partial charge in [-0.2, -0.15) is 13.2 Å². The van der Waals surface area contributed by atoms with Gasteiger partial charge >= 0.3 is 12.3 Å². The summed E-state index contributed by atoms with van der Waals surface area (Å²) in [6, 6.07) is 14.1. The van der Waals surface area contributed by atoms with Crippen molar-refractivity contribution < 1.29 is 27.1 Å². The number of halogens is 5. The van der Waals surface area contributed by atoms with Crippen LogP contribution >= 0.6 is 11.6 Å². The number of ether oxygens (including phenoxy) is 1. The number of aromatic nitrogens is 1. The number of carbonyl (C=O) groups excluding carboxylic acids is 1. The molecule has 1 unspecified atom stereocenters. The van der Waals surface area contributed by atoms with Gasteiger partial charge in [0.1, 0.15) is 17.5 Å². The number of carbonyl (C=O) groups is 1. The largest absolute Gasteiger partial charge is 0.446 e. The highest BCUT2D eigenvalue weighted by Gasteiger charge is 2.41. The van der Waals surface area contributed by atoms with Crippen molar-refractivity contribution in [1.29, 1.82) is 0 Å². The van der Waals surface area contributed by atoms with Crippen LogP contribution in [0.1, 0.15) is 48.1 Å². The number of nitrogens with one attached hydrogen (secondary N) is 1. The van der Waals surface area contributed by atoms with Crippen LogP contribution in [0.25, 0.3) is 0 Å². The molecule has 0 saturated heterocycles. The molecule has 1 atom stereocenters. The van der Waals surface area contributed by atoms with Gasteiger partial charge in [-0.15, -0.1) is 0 Å². The summed E-state index contributed by atoms with van der Waals surface area (Å²) >= 11 is 6.01. The molecule has 35 heavy (non-hydrogen) atoms. The predicted molar refractivity (Wildman–Crippen MR) is 123 cm³/mol. The molecule has 0 radical (unpaired) electrons. The average Bonchev–Trinajstić information content (AvgIpc) is 3.31. The van der Waals surface area contributed by atoms with Gasteiger partial charge < -0.3 is 10.1 Å². The minimum Gasteiger partial charge on any atom is -0.446 e. The molecular weight excluding hydrogens is 484 g/mol. The van der Waals surface area contributed by atoms with E-state index in [1.165, 1.54) is 18.3 Å². The number of rotatable bonds is 6. The summed E-state index contributed by atoms with van der Waals surface area (Å²) in [5, 5.41) is 3.06. The Hall–Kier alpha value is -3.13. The van der Waals surface area contributed by atoms with Gasteiger partial charge in [0, 0.05) is 12.6 Å². The van der Waals surface area contributed by atoms with E-state index in [0.29, 0.717) is 29.5 Å². The number of amides is 1. The molecule has 1 aromatic heterocycles. The standard InChI is InChI=1S/C26H23ClF4N2O2/c27-20-10-11-23(32-16-20)25(15-17-6-2-1-3-7-17,33-24(34)35-22-8-4-5-9-22)18-12-19(26(29,30)31)14-21(28)13-18/h1-3,6-7,10-14,16,22H,4-5,8-9,15H2,(H,33,34). The predicted octanol–water partition coefficient (Wildman–Crippen LogP) is 7.05. The molecule has 1 aliphatic carbocycles. The second-order valence-electron chi connectivity index (χ2n) is 8.59. The summed E-state index contributed by atoms with van der Waals surface area (Å²) in [6.07, 6.45) is -1.34. The van der Waals surface area contributed by atoms with E-state index < -0.39 is 29.2 Å². The Bertz CT molecular complexity index is 1170. The van der Waals surface area contributed by atoms with Gasteiger partial charge in [-0.3, -0.25) is 4.98 Å². The van der Waals surface area contributed by atoms with Crippen LogP contribution in [0.4, 0.5) is 22.4 Å². The van der Waals surface area contributed by atoms with Gasteiger partial charge in [-0.05, 0) is 67.1 Å². The van der Waals surface area contributed by atoms with Crippen LogP contribution in [0.2, 0.25) is 5.02 Å². The van der Waals surface area contributed by atoms with E-state index in [2.05, 4.69) is 10.3 Å². The molecule has 184 valence electrons. The normalized spacial score (nSPS) is 16.0. The third kappa shape index (κ3) is 5.93. The Morgan fingerprint density at radius 2 is 1.71 bits per heavy atom. The third-order valence-electron chi connectivity index (χ3n) is 6.09. The summed E-state index contributed by atoms with van der Waals surface area (Å²) in [7, 11) is 0. The van der Waals surface area contributed by atoms with Crippen LogP contribution in [0.3, 0.4) is 0 Å². The topological polar surface area (TPSA) is 51.2 Å². The van der Waals surface area contributed by atoms with Crippen molar-refractivity contribution in [2.45, 2.75) is 49.9 Å². The molecule has 0 bridgehead atoms. The highest BCUT2D eigenvalue weighted by molar-refractivity contribution is 6.30. The third-order valence-corrected chi connectivity index (χ3v) is 6.31. The number of hydrogen-bond acceptors (Lipinski definition) is 3. The zero-order valence-corrected chi connectivity index (χ0v) is 19.4. The Kier molecular flexibility index (Phi) is 7.31. The van der Waals surface area contributed by atoms with E-state index in [1.54, 1.807) is 30.3 Å². The Morgan fingerprint density at radius 1 is 1.03 bits per heavy atom. The number of hydrogen-bond donors (Lipinski definition) is 1. The molecule has 9 heteroatoms. The van der Waals surface area contributed by atoms with Crippen molar-refractivity contribution >= 4 is 17.7 Å². The van der Waals surface area contributed by atoms with Gasteiger partial charge in [0.15, 0.2) is 0 Å². The molecule has 1 fully saturated rings. The van der Waals surface area contributed by atoms with Gasteiger partial charge in [-0.25, -0.2) is 9.18 Å². The van der Waals surface area contributed by atoms with Crippen molar-refractivity contribution in [1.82, 2.24) is 10.3 Å². The van der Waals surface area contributed by atoms with Gasteiger partial charge in [0.2, 0.25) is 0 Å². The minimum absolute atomic E-state index is 0.0109. The lowest BCUT2D eigenvalue weighted by Crippen LogP contribution is -2.50. The number of nitrogens with zero attached hydrogens (tertiary/aromatic N) is 1. The summed E-state index contributed by atoms with van der Waals surface area (Å²) < 4.78 is 61.1. The second kappa shape index (κ2) is 10.2. The van der Waals surface area contributed by atoms with Crippen LogP contribution in [0.5, 0.6) is 0 Å². The maximum Gasteiger partial charge on any atom is 0.416 e. The molecule has 4 rings (SSSR count). The summed E-state index contributed by atoms with van der Waals surface area (Å²) in [4.78, 5) is 17.4. The van der Waals surface area contributed by atoms with Gasteiger partial charge in [-0.1, -0.05) is 41.9 Å². The first kappa shape index (κ1) is 25.0. The quantitative estimate of drug-likeness (QED) is 0.364. The molecule has 3 aromatic rings. The van der Waals surface area contributed by atoms with E-state index >= 15 is 0 Å². The molecule has 1 N–H and O–H groups in total. The summed E-state index contributed by atoms with van der Waals surface area (Å²) in [5.74, 6) is -1.09. The molecule has 2 aromatic carbocycles. The monoisotopic (exact) mass is 506 g/mol. The number of alkyl halides is 3. The molecule has 1 aliphatic rings. The van der Waals surface area contributed by atoms with E-state index in [9.17, 15) is 22.4 Å². The first-order valence-electron chi connectivity index (χ1n) is 11.2. The maximum absolute atomic E-state index is 14.6. The van der Waals surface area contributed by atoms with Crippen molar-refractivity contribution in [3.63, 3.8) is 0 Å².